The summed E-state index contributed by atoms with van der Waals surface area (Å²) in [6, 6.07) is 2.08. The predicted molar refractivity (Wildman–Crippen MR) is 102 cm³/mol. The molecule has 0 saturated carbocycles. The molecule has 1 aromatic heterocycles. The van der Waals surface area contributed by atoms with E-state index < -0.39 is 21.9 Å². The van der Waals surface area contributed by atoms with Crippen LogP contribution < -0.4 is 5.32 Å². The van der Waals surface area contributed by atoms with Gasteiger partial charge < -0.3 is 9.88 Å². The largest absolute Gasteiger partial charge is 0.334 e. The maximum Gasteiger partial charge on any atom is 0.246 e. The monoisotopic (exact) mass is 406 g/mol. The Morgan fingerprint density at radius 1 is 1.29 bits per heavy atom. The topological polar surface area (TPSA) is 84.3 Å². The lowest BCUT2D eigenvalue weighted by molar-refractivity contribution is -0.116. The first-order chi connectivity index (χ1) is 13.4. The standard InChI is InChI=1S/C19H23FN4O3S/c1-2-23-10-8-21-19(23)16-5-3-4-9-24(16)28(26,27)17-11-13-6-7-18(25)22-15(13)12-14(17)20/h8,10-12,16H,2-7,9H2,1H3,(H,22,25). The van der Waals surface area contributed by atoms with Gasteiger partial charge in [0.2, 0.25) is 15.9 Å². The highest BCUT2D eigenvalue weighted by Gasteiger charge is 2.38. The molecule has 1 unspecified atom stereocenters. The second kappa shape index (κ2) is 7.29. The molecule has 0 bridgehead atoms. The van der Waals surface area contributed by atoms with Crippen molar-refractivity contribution < 1.29 is 17.6 Å². The summed E-state index contributed by atoms with van der Waals surface area (Å²) in [7, 11) is -4.05. The highest BCUT2D eigenvalue weighted by Crippen LogP contribution is 2.37. The Hall–Kier alpha value is -2.26. The van der Waals surface area contributed by atoms with Crippen molar-refractivity contribution in [2.45, 2.75) is 56.5 Å². The minimum atomic E-state index is -4.05. The smallest absolute Gasteiger partial charge is 0.246 e. The van der Waals surface area contributed by atoms with Gasteiger partial charge in [-0.25, -0.2) is 17.8 Å². The van der Waals surface area contributed by atoms with Crippen molar-refractivity contribution in [2.75, 3.05) is 11.9 Å². The second-order valence-electron chi connectivity index (χ2n) is 7.19. The quantitative estimate of drug-likeness (QED) is 0.846. The van der Waals surface area contributed by atoms with Gasteiger partial charge in [0.25, 0.3) is 0 Å². The zero-order valence-electron chi connectivity index (χ0n) is 15.7. The lowest BCUT2D eigenvalue weighted by Crippen LogP contribution is -2.40. The number of halogens is 1. The first-order valence-corrected chi connectivity index (χ1v) is 11.0. The third kappa shape index (κ3) is 3.22. The van der Waals surface area contributed by atoms with E-state index in [9.17, 15) is 17.6 Å². The molecule has 1 N–H and O–H groups in total. The molecule has 150 valence electrons. The molecule has 1 fully saturated rings. The van der Waals surface area contributed by atoms with Gasteiger partial charge in [-0.15, -0.1) is 0 Å². The molecule has 1 saturated heterocycles. The van der Waals surface area contributed by atoms with Crippen LogP contribution in [0.2, 0.25) is 0 Å². The number of aryl methyl sites for hydroxylation is 2. The third-order valence-corrected chi connectivity index (χ3v) is 7.40. The van der Waals surface area contributed by atoms with Gasteiger partial charge in [-0.2, -0.15) is 4.31 Å². The van der Waals surface area contributed by atoms with Crippen LogP contribution in [0.3, 0.4) is 0 Å². The molecule has 2 aromatic rings. The number of hydrogen-bond acceptors (Lipinski definition) is 4. The number of imidazole rings is 1. The highest BCUT2D eigenvalue weighted by molar-refractivity contribution is 7.89. The molecule has 9 heteroatoms. The molecule has 2 aliphatic heterocycles. The number of nitrogens with zero attached hydrogens (tertiary/aromatic N) is 3. The van der Waals surface area contributed by atoms with Crippen LogP contribution >= 0.6 is 0 Å². The number of nitrogens with one attached hydrogen (secondary N) is 1. The predicted octanol–water partition coefficient (Wildman–Crippen LogP) is 2.84. The van der Waals surface area contributed by atoms with Crippen LogP contribution in [-0.4, -0.2) is 34.7 Å². The summed E-state index contributed by atoms with van der Waals surface area (Å²) < 4.78 is 45.0. The number of carbonyl (C=O) groups is 1. The third-order valence-electron chi connectivity index (χ3n) is 5.48. The number of carbonyl (C=O) groups excluding carboxylic acids is 1. The fraction of sp³-hybridized carbons (Fsp3) is 0.474. The lowest BCUT2D eigenvalue weighted by atomic mass is 10.0. The Labute approximate surface area is 163 Å². The van der Waals surface area contributed by atoms with E-state index in [1.165, 1.54) is 10.4 Å². The van der Waals surface area contributed by atoms with Crippen LogP contribution in [0.4, 0.5) is 10.1 Å². The van der Waals surface area contributed by atoms with E-state index in [0.29, 0.717) is 43.0 Å². The number of benzene rings is 1. The SMILES string of the molecule is CCn1ccnc1C1CCCCN1S(=O)(=O)c1cc2c(cc1F)NC(=O)CC2. The van der Waals surface area contributed by atoms with E-state index in [1.807, 2.05) is 17.7 Å². The molecule has 4 rings (SSSR count). The van der Waals surface area contributed by atoms with Gasteiger partial charge in [-0.3, -0.25) is 4.79 Å². The van der Waals surface area contributed by atoms with Crippen molar-refractivity contribution in [2.24, 2.45) is 0 Å². The molecule has 7 nitrogen and oxygen atoms in total. The second-order valence-corrected chi connectivity index (χ2v) is 9.05. The van der Waals surface area contributed by atoms with E-state index in [2.05, 4.69) is 10.3 Å². The van der Waals surface area contributed by atoms with E-state index in [1.54, 1.807) is 6.20 Å². The maximum atomic E-state index is 14.8. The Morgan fingerprint density at radius 3 is 2.89 bits per heavy atom. The summed E-state index contributed by atoms with van der Waals surface area (Å²) in [5.41, 5.74) is 0.993. The molecule has 0 radical (unpaired) electrons. The van der Waals surface area contributed by atoms with Crippen LogP contribution in [-0.2, 0) is 27.8 Å². The summed E-state index contributed by atoms with van der Waals surface area (Å²) in [4.78, 5) is 15.6. The van der Waals surface area contributed by atoms with Crippen molar-refractivity contribution in [3.63, 3.8) is 0 Å². The number of anilines is 1. The Morgan fingerprint density at radius 2 is 2.11 bits per heavy atom. The molecule has 1 amide bonds. The van der Waals surface area contributed by atoms with Gasteiger partial charge in [0, 0.05) is 37.6 Å². The van der Waals surface area contributed by atoms with Gasteiger partial charge in [0.15, 0.2) is 0 Å². The summed E-state index contributed by atoms with van der Waals surface area (Å²) in [6.45, 7) is 2.99. The van der Waals surface area contributed by atoms with Gasteiger partial charge >= 0.3 is 0 Å². The lowest BCUT2D eigenvalue weighted by Gasteiger charge is -2.34. The number of amides is 1. The number of piperidine rings is 1. The van der Waals surface area contributed by atoms with Crippen LogP contribution in [0.25, 0.3) is 0 Å². The average molecular weight is 406 g/mol. The maximum absolute atomic E-state index is 14.8. The van der Waals surface area contributed by atoms with Crippen molar-refractivity contribution >= 4 is 21.6 Å². The zero-order chi connectivity index (χ0) is 19.9. The van der Waals surface area contributed by atoms with Gasteiger partial charge in [0.1, 0.15) is 16.5 Å². The number of aromatic nitrogens is 2. The molecule has 0 spiro atoms. The van der Waals surface area contributed by atoms with E-state index >= 15 is 0 Å². The Kier molecular flexibility index (Phi) is 4.96. The van der Waals surface area contributed by atoms with Crippen molar-refractivity contribution in [3.8, 4) is 0 Å². The molecule has 0 aliphatic carbocycles. The number of rotatable bonds is 4. The van der Waals surface area contributed by atoms with Gasteiger partial charge in [-0.1, -0.05) is 6.42 Å². The molecule has 3 heterocycles. The number of fused-ring (bicyclic) bond motifs is 1. The summed E-state index contributed by atoms with van der Waals surface area (Å²) in [5.74, 6) is -0.342. The Balaban J connectivity index is 1.75. The van der Waals surface area contributed by atoms with E-state index in [-0.39, 0.29) is 17.2 Å². The minimum Gasteiger partial charge on any atom is -0.334 e. The summed E-state index contributed by atoms with van der Waals surface area (Å²) >= 11 is 0. The average Bonchev–Trinajstić information content (AvgIpc) is 3.16. The van der Waals surface area contributed by atoms with Crippen LogP contribution in [0.5, 0.6) is 0 Å². The molecule has 2 aliphatic rings. The fourth-order valence-electron chi connectivity index (χ4n) is 4.04. The first-order valence-electron chi connectivity index (χ1n) is 9.57. The van der Waals surface area contributed by atoms with Crippen LogP contribution in [0.15, 0.2) is 29.4 Å². The van der Waals surface area contributed by atoms with Crippen molar-refractivity contribution in [1.29, 1.82) is 0 Å². The van der Waals surface area contributed by atoms with Crippen LogP contribution in [0, 0.1) is 5.82 Å². The van der Waals surface area contributed by atoms with Gasteiger partial charge in [-0.05, 0) is 43.9 Å². The van der Waals surface area contributed by atoms with Gasteiger partial charge in [0.05, 0.1) is 6.04 Å². The van der Waals surface area contributed by atoms with Crippen molar-refractivity contribution in [1.82, 2.24) is 13.9 Å². The molecule has 1 atom stereocenters. The van der Waals surface area contributed by atoms with Crippen molar-refractivity contribution in [3.05, 3.63) is 41.7 Å². The summed E-state index contributed by atoms with van der Waals surface area (Å²) in [6.07, 6.45) is 6.43. The fourth-order valence-corrected chi connectivity index (χ4v) is 5.79. The molecular weight excluding hydrogens is 383 g/mol. The highest BCUT2D eigenvalue weighted by atomic mass is 32.2. The number of sulfonamides is 1. The first kappa shape index (κ1) is 19.1. The van der Waals surface area contributed by atoms with E-state index in [0.717, 1.165) is 18.9 Å². The normalized spacial score (nSPS) is 20.6. The van der Waals surface area contributed by atoms with E-state index in [4.69, 9.17) is 0 Å². The molecular formula is C19H23FN4O3S. The molecule has 28 heavy (non-hydrogen) atoms. The Bertz CT molecular complexity index is 1020. The minimum absolute atomic E-state index is 0.190. The molecule has 1 aromatic carbocycles. The van der Waals surface area contributed by atoms with Crippen LogP contribution in [0.1, 0.15) is 50.0 Å². The summed E-state index contributed by atoms with van der Waals surface area (Å²) in [5, 5.41) is 2.60. The number of hydrogen-bond donors (Lipinski definition) is 1. The zero-order valence-corrected chi connectivity index (χ0v) is 16.5.